The van der Waals surface area contributed by atoms with Crippen LogP contribution in [0.15, 0.2) is 42.5 Å². The number of carbonyl (C=O) groups excluding carboxylic acids is 2. The van der Waals surface area contributed by atoms with E-state index in [-0.39, 0.29) is 18.4 Å². The smallest absolute Gasteiger partial charge is 0.230 e. The summed E-state index contributed by atoms with van der Waals surface area (Å²) in [5, 5.41) is 2.86. The lowest BCUT2D eigenvalue weighted by molar-refractivity contribution is -0.141. The lowest BCUT2D eigenvalue weighted by Crippen LogP contribution is -2.49. The van der Waals surface area contributed by atoms with Gasteiger partial charge in [-0.05, 0) is 12.5 Å². The van der Waals surface area contributed by atoms with Gasteiger partial charge in [-0.3, -0.25) is 9.59 Å². The van der Waals surface area contributed by atoms with Crippen LogP contribution in [-0.2, 0) is 30.3 Å². The van der Waals surface area contributed by atoms with Crippen molar-refractivity contribution in [3.05, 3.63) is 48.0 Å². The number of amides is 2. The molecule has 0 radical (unpaired) electrons. The molecule has 2 fully saturated rings. The molecule has 1 aromatic carbocycles. The number of methoxy groups -OCH3 is 2. The molecule has 4 atom stereocenters. The minimum absolute atomic E-state index is 0.0351. The number of likely N-dealkylation sites (tertiary alicyclic amines) is 1. The number of ether oxygens (including phenoxy) is 3. The number of nitrogens with zero attached hydrogens (tertiary/aromatic N) is 1. The molecular formula is C21H26N2O5. The van der Waals surface area contributed by atoms with Crippen LogP contribution in [0.1, 0.15) is 12.5 Å². The van der Waals surface area contributed by atoms with Crippen LogP contribution < -0.4 is 5.32 Å². The maximum absolute atomic E-state index is 13.3. The van der Waals surface area contributed by atoms with Gasteiger partial charge in [0.1, 0.15) is 5.60 Å². The molecule has 0 unspecified atom stereocenters. The van der Waals surface area contributed by atoms with Gasteiger partial charge in [0.25, 0.3) is 0 Å². The first-order valence-corrected chi connectivity index (χ1v) is 9.49. The molecule has 7 nitrogen and oxygen atoms in total. The second kappa shape index (κ2) is 6.99. The van der Waals surface area contributed by atoms with Crippen LogP contribution in [0.25, 0.3) is 0 Å². The topological polar surface area (TPSA) is 77.1 Å². The normalized spacial score (nSPS) is 33.0. The molecule has 1 aromatic rings. The molecule has 28 heavy (non-hydrogen) atoms. The Morgan fingerprint density at radius 3 is 2.68 bits per heavy atom. The fraction of sp³-hybridized carbons (Fsp3) is 0.524. The van der Waals surface area contributed by atoms with E-state index in [0.717, 1.165) is 5.56 Å². The minimum atomic E-state index is -0.779. The third-order valence-electron chi connectivity index (χ3n) is 6.07. The van der Waals surface area contributed by atoms with E-state index in [4.69, 9.17) is 14.2 Å². The summed E-state index contributed by atoms with van der Waals surface area (Å²) in [6, 6.07) is 9.85. The van der Waals surface area contributed by atoms with Crippen molar-refractivity contribution < 1.29 is 23.8 Å². The molecule has 7 heteroatoms. The zero-order chi connectivity index (χ0) is 19.9. The average Bonchev–Trinajstić information content (AvgIpc) is 3.25. The van der Waals surface area contributed by atoms with Crippen molar-refractivity contribution in [2.45, 2.75) is 31.0 Å². The number of rotatable bonds is 7. The predicted molar refractivity (Wildman–Crippen MR) is 101 cm³/mol. The molecule has 2 saturated heterocycles. The van der Waals surface area contributed by atoms with Gasteiger partial charge >= 0.3 is 0 Å². The number of benzene rings is 1. The van der Waals surface area contributed by atoms with E-state index in [1.165, 1.54) is 14.2 Å². The largest absolute Gasteiger partial charge is 0.357 e. The lowest BCUT2D eigenvalue weighted by Gasteiger charge is -2.29. The van der Waals surface area contributed by atoms with Crippen LogP contribution in [0.4, 0.5) is 0 Å². The molecule has 3 aliphatic heterocycles. The van der Waals surface area contributed by atoms with Crippen molar-refractivity contribution in [1.29, 1.82) is 0 Å². The van der Waals surface area contributed by atoms with E-state index in [2.05, 4.69) is 5.32 Å². The molecule has 1 spiro atoms. The van der Waals surface area contributed by atoms with E-state index in [9.17, 15) is 9.59 Å². The number of nitrogens with one attached hydrogen (secondary N) is 1. The summed E-state index contributed by atoms with van der Waals surface area (Å²) in [5.41, 5.74) is -0.454. The zero-order valence-corrected chi connectivity index (χ0v) is 16.4. The SMILES string of the molecule is COC(CNC(=O)[C@H]1[C@@H]2C(=O)N(Cc3ccccc3)C[C@@]23C=C[C@@]1(C)O3)OC. The number of hydrogen-bond acceptors (Lipinski definition) is 5. The fourth-order valence-electron chi connectivity index (χ4n) is 4.75. The number of hydrogen-bond donors (Lipinski definition) is 1. The van der Waals surface area contributed by atoms with E-state index >= 15 is 0 Å². The Morgan fingerprint density at radius 2 is 2.00 bits per heavy atom. The number of fused-ring (bicyclic) bond motifs is 1. The molecule has 2 bridgehead atoms. The average molecular weight is 386 g/mol. The summed E-state index contributed by atoms with van der Waals surface area (Å²) in [6.45, 7) is 3.05. The third kappa shape index (κ3) is 2.94. The molecule has 3 heterocycles. The Balaban J connectivity index is 1.54. The molecule has 3 aliphatic rings. The standard InChI is InChI=1S/C21H26N2O5/c1-20-9-10-21(28-20)13-23(12-14-7-5-4-6-8-14)19(25)17(21)16(20)18(24)22-11-15(26-2)27-3/h4-10,15-17H,11-13H2,1-3H3,(H,22,24)/t16-,17-,20-,21+/m1/s1. The molecule has 4 rings (SSSR count). The molecule has 0 aliphatic carbocycles. The van der Waals surface area contributed by atoms with Crippen molar-refractivity contribution >= 4 is 11.8 Å². The van der Waals surface area contributed by atoms with Gasteiger partial charge < -0.3 is 24.4 Å². The van der Waals surface area contributed by atoms with Gasteiger partial charge in [-0.1, -0.05) is 42.5 Å². The molecular weight excluding hydrogens is 360 g/mol. The molecule has 0 saturated carbocycles. The third-order valence-corrected chi connectivity index (χ3v) is 6.07. The molecule has 150 valence electrons. The van der Waals surface area contributed by atoms with Crippen LogP contribution >= 0.6 is 0 Å². The van der Waals surface area contributed by atoms with Crippen LogP contribution in [0.2, 0.25) is 0 Å². The monoisotopic (exact) mass is 386 g/mol. The summed E-state index contributed by atoms with van der Waals surface area (Å²) in [6.07, 6.45) is 3.36. The summed E-state index contributed by atoms with van der Waals surface area (Å²) < 4.78 is 16.6. The first-order chi connectivity index (χ1) is 13.4. The predicted octanol–water partition coefficient (Wildman–Crippen LogP) is 1.09. The van der Waals surface area contributed by atoms with E-state index in [0.29, 0.717) is 13.1 Å². The zero-order valence-electron chi connectivity index (χ0n) is 16.4. The highest BCUT2D eigenvalue weighted by Crippen LogP contribution is 2.57. The van der Waals surface area contributed by atoms with Crippen LogP contribution in [0, 0.1) is 11.8 Å². The highest BCUT2D eigenvalue weighted by Gasteiger charge is 2.71. The second-order valence-electron chi connectivity index (χ2n) is 7.86. The Labute approximate surface area is 164 Å². The van der Waals surface area contributed by atoms with Crippen molar-refractivity contribution in [3.63, 3.8) is 0 Å². The van der Waals surface area contributed by atoms with Crippen molar-refractivity contribution in [3.8, 4) is 0 Å². The number of carbonyl (C=O) groups is 2. The molecule has 1 N–H and O–H groups in total. The van der Waals surface area contributed by atoms with Gasteiger partial charge in [0.2, 0.25) is 11.8 Å². The first-order valence-electron chi connectivity index (χ1n) is 9.49. The summed E-state index contributed by atoms with van der Waals surface area (Å²) >= 11 is 0. The summed E-state index contributed by atoms with van der Waals surface area (Å²) in [5.74, 6) is -1.35. The Bertz CT molecular complexity index is 793. The Kier molecular flexibility index (Phi) is 4.77. The molecule has 0 aromatic heterocycles. The van der Waals surface area contributed by atoms with Crippen LogP contribution in [0.5, 0.6) is 0 Å². The summed E-state index contributed by atoms with van der Waals surface area (Å²) in [4.78, 5) is 28.1. The van der Waals surface area contributed by atoms with Crippen molar-refractivity contribution in [2.75, 3.05) is 27.3 Å². The van der Waals surface area contributed by atoms with Gasteiger partial charge in [0.15, 0.2) is 6.29 Å². The Hall–Kier alpha value is -2.22. The fourth-order valence-corrected chi connectivity index (χ4v) is 4.75. The maximum atomic E-state index is 13.3. The quantitative estimate of drug-likeness (QED) is 0.561. The molecule has 2 amide bonds. The van der Waals surface area contributed by atoms with Gasteiger partial charge in [0, 0.05) is 20.8 Å². The van der Waals surface area contributed by atoms with Crippen LogP contribution in [-0.4, -0.2) is 61.5 Å². The first kappa shape index (κ1) is 19.1. The van der Waals surface area contributed by atoms with Gasteiger partial charge in [0.05, 0.1) is 30.5 Å². The lowest BCUT2D eigenvalue weighted by atomic mass is 9.72. The highest BCUT2D eigenvalue weighted by molar-refractivity contribution is 5.93. The minimum Gasteiger partial charge on any atom is -0.357 e. The van der Waals surface area contributed by atoms with Crippen molar-refractivity contribution in [2.24, 2.45) is 11.8 Å². The van der Waals surface area contributed by atoms with E-state index in [1.54, 1.807) is 4.90 Å². The Morgan fingerprint density at radius 1 is 1.29 bits per heavy atom. The van der Waals surface area contributed by atoms with E-state index < -0.39 is 29.3 Å². The summed E-state index contributed by atoms with van der Waals surface area (Å²) in [7, 11) is 3.03. The van der Waals surface area contributed by atoms with Gasteiger partial charge in [-0.25, -0.2) is 0 Å². The van der Waals surface area contributed by atoms with Gasteiger partial charge in [-0.15, -0.1) is 0 Å². The highest BCUT2D eigenvalue weighted by atomic mass is 16.7. The maximum Gasteiger partial charge on any atom is 0.230 e. The second-order valence-corrected chi connectivity index (χ2v) is 7.86. The van der Waals surface area contributed by atoms with Crippen molar-refractivity contribution in [1.82, 2.24) is 10.2 Å². The van der Waals surface area contributed by atoms with Gasteiger partial charge in [-0.2, -0.15) is 0 Å². The van der Waals surface area contributed by atoms with Crippen LogP contribution in [0.3, 0.4) is 0 Å². The van der Waals surface area contributed by atoms with E-state index in [1.807, 2.05) is 49.4 Å².